The quantitative estimate of drug-likeness (QED) is 0.844. The molecule has 1 atom stereocenters. The molecule has 4 nitrogen and oxygen atoms in total. The van der Waals surface area contributed by atoms with Gasteiger partial charge < -0.3 is 5.11 Å². The van der Waals surface area contributed by atoms with Crippen molar-refractivity contribution in [2.45, 2.75) is 51.0 Å². The topological polar surface area (TPSA) is 53.4 Å². The zero-order chi connectivity index (χ0) is 12.5. The van der Waals surface area contributed by atoms with Crippen LogP contribution in [0.3, 0.4) is 0 Å². The number of aryl methyl sites for hydroxylation is 2. The molecule has 98 valence electrons. The molecule has 1 fully saturated rings. The molecule has 5 heteroatoms. The van der Waals surface area contributed by atoms with Crippen molar-refractivity contribution in [3.8, 4) is 0 Å². The fourth-order valence-corrected chi connectivity index (χ4v) is 3.86. The van der Waals surface area contributed by atoms with Gasteiger partial charge in [0, 0.05) is 4.88 Å². The van der Waals surface area contributed by atoms with Crippen molar-refractivity contribution in [3.63, 3.8) is 0 Å². The monoisotopic (exact) mass is 266 g/mol. The Balaban J connectivity index is 1.85. The van der Waals surface area contributed by atoms with Crippen molar-refractivity contribution in [1.82, 2.24) is 4.98 Å². The van der Waals surface area contributed by atoms with Crippen LogP contribution in [0.4, 0.5) is 5.13 Å². The number of amides is 1. The highest BCUT2D eigenvalue weighted by molar-refractivity contribution is 7.16. The Hall–Kier alpha value is -0.940. The first-order valence-corrected chi connectivity index (χ1v) is 7.52. The Morgan fingerprint density at radius 3 is 2.72 bits per heavy atom. The van der Waals surface area contributed by atoms with Crippen LogP contribution in [0.5, 0.6) is 0 Å². The van der Waals surface area contributed by atoms with Gasteiger partial charge in [-0.2, -0.15) is 0 Å². The molecule has 1 aromatic rings. The third kappa shape index (κ3) is 2.29. The van der Waals surface area contributed by atoms with E-state index in [-0.39, 0.29) is 12.3 Å². The summed E-state index contributed by atoms with van der Waals surface area (Å²) in [5, 5.41) is 10.3. The fraction of sp³-hybridized carbons (Fsp3) is 0.692. The molecule has 1 aliphatic heterocycles. The number of β-amino-alcohol motifs (C(OH)–C–C–N with tert-alkyl or cyclic N) is 1. The molecule has 1 saturated heterocycles. The van der Waals surface area contributed by atoms with Gasteiger partial charge in [-0.25, -0.2) is 4.98 Å². The van der Waals surface area contributed by atoms with Gasteiger partial charge in [-0.3, -0.25) is 9.69 Å². The van der Waals surface area contributed by atoms with Crippen LogP contribution in [-0.2, 0) is 17.6 Å². The lowest BCUT2D eigenvalue weighted by Crippen LogP contribution is -2.25. The Morgan fingerprint density at radius 2 is 2.00 bits per heavy atom. The lowest BCUT2D eigenvalue weighted by Gasteiger charge is -2.10. The average molecular weight is 266 g/mol. The summed E-state index contributed by atoms with van der Waals surface area (Å²) in [5.74, 6) is 0.00391. The highest BCUT2D eigenvalue weighted by Gasteiger charge is 2.31. The van der Waals surface area contributed by atoms with Crippen LogP contribution in [0.1, 0.15) is 42.7 Å². The number of carbonyl (C=O) groups is 1. The number of aliphatic hydroxyl groups is 1. The maximum absolute atomic E-state index is 11.8. The molecular formula is C13H18N2O2S. The predicted octanol–water partition coefficient (Wildman–Crippen LogP) is 1.90. The molecule has 2 aliphatic rings. The van der Waals surface area contributed by atoms with E-state index >= 15 is 0 Å². The number of carbonyl (C=O) groups excluding carboxylic acids is 1. The molecule has 0 aromatic carbocycles. The minimum Gasteiger partial charge on any atom is -0.391 e. The molecule has 0 bridgehead atoms. The maximum Gasteiger partial charge on any atom is 0.231 e. The van der Waals surface area contributed by atoms with Crippen LogP contribution >= 0.6 is 11.3 Å². The first kappa shape index (κ1) is 12.1. The highest BCUT2D eigenvalue weighted by atomic mass is 32.1. The van der Waals surface area contributed by atoms with Gasteiger partial charge >= 0.3 is 0 Å². The summed E-state index contributed by atoms with van der Waals surface area (Å²) in [6, 6.07) is 0. The van der Waals surface area contributed by atoms with Gasteiger partial charge in [-0.05, 0) is 25.7 Å². The number of hydrogen-bond donors (Lipinski definition) is 1. The van der Waals surface area contributed by atoms with E-state index in [9.17, 15) is 9.90 Å². The van der Waals surface area contributed by atoms with Crippen LogP contribution in [0, 0.1) is 0 Å². The molecule has 1 amide bonds. The predicted molar refractivity (Wildman–Crippen MR) is 71.0 cm³/mol. The molecule has 18 heavy (non-hydrogen) atoms. The van der Waals surface area contributed by atoms with E-state index < -0.39 is 6.10 Å². The van der Waals surface area contributed by atoms with Crippen LogP contribution in [0.25, 0.3) is 0 Å². The molecule has 0 saturated carbocycles. The van der Waals surface area contributed by atoms with E-state index in [1.54, 1.807) is 16.2 Å². The lowest BCUT2D eigenvalue weighted by atomic mass is 10.0. The second-order valence-corrected chi connectivity index (χ2v) is 6.20. The summed E-state index contributed by atoms with van der Waals surface area (Å²) in [6.45, 7) is 0.408. The number of aliphatic hydroxyl groups excluding tert-OH is 1. The SMILES string of the molecule is O=C1CC(O)CN1c1nc2c(s1)CCCCCC2. The van der Waals surface area contributed by atoms with Crippen molar-refractivity contribution >= 4 is 22.4 Å². The smallest absolute Gasteiger partial charge is 0.231 e. The van der Waals surface area contributed by atoms with Gasteiger partial charge in [-0.1, -0.05) is 12.8 Å². The molecule has 1 unspecified atom stereocenters. The van der Waals surface area contributed by atoms with Gasteiger partial charge in [0.15, 0.2) is 5.13 Å². The number of aromatic nitrogens is 1. The van der Waals surface area contributed by atoms with Gasteiger partial charge in [0.25, 0.3) is 0 Å². The van der Waals surface area contributed by atoms with Gasteiger partial charge in [-0.15, -0.1) is 11.3 Å². The van der Waals surface area contributed by atoms with Crippen molar-refractivity contribution in [1.29, 1.82) is 0 Å². The fourth-order valence-electron chi connectivity index (χ4n) is 2.68. The summed E-state index contributed by atoms with van der Waals surface area (Å²) >= 11 is 1.64. The number of thiazole rings is 1. The Labute approximate surface area is 111 Å². The Morgan fingerprint density at radius 1 is 1.22 bits per heavy atom. The van der Waals surface area contributed by atoms with Crippen molar-refractivity contribution in [3.05, 3.63) is 10.6 Å². The summed E-state index contributed by atoms with van der Waals surface area (Å²) in [4.78, 5) is 19.4. The van der Waals surface area contributed by atoms with Crippen LogP contribution in [-0.4, -0.2) is 28.6 Å². The van der Waals surface area contributed by atoms with Crippen molar-refractivity contribution in [2.24, 2.45) is 0 Å². The van der Waals surface area contributed by atoms with Crippen molar-refractivity contribution in [2.75, 3.05) is 11.4 Å². The van der Waals surface area contributed by atoms with E-state index in [0.29, 0.717) is 6.54 Å². The second-order valence-electron chi connectivity index (χ2n) is 5.14. The molecular weight excluding hydrogens is 248 g/mol. The standard InChI is InChI=1S/C13H18N2O2S/c16-9-7-12(17)15(8-9)13-14-10-5-3-1-2-4-6-11(10)18-13/h9,16H,1-8H2. The normalized spacial score (nSPS) is 24.8. The summed E-state index contributed by atoms with van der Waals surface area (Å²) in [7, 11) is 0. The maximum atomic E-state index is 11.8. The van der Waals surface area contributed by atoms with E-state index in [2.05, 4.69) is 4.98 Å². The van der Waals surface area contributed by atoms with Gasteiger partial charge in [0.1, 0.15) is 0 Å². The first-order valence-electron chi connectivity index (χ1n) is 6.71. The average Bonchev–Trinajstić information content (AvgIpc) is 2.82. The van der Waals surface area contributed by atoms with E-state index in [1.807, 2.05) is 0 Å². The zero-order valence-corrected chi connectivity index (χ0v) is 11.2. The Kier molecular flexibility index (Phi) is 3.35. The van der Waals surface area contributed by atoms with Crippen molar-refractivity contribution < 1.29 is 9.90 Å². The van der Waals surface area contributed by atoms with Crippen LogP contribution in [0.15, 0.2) is 0 Å². The van der Waals surface area contributed by atoms with Gasteiger partial charge in [0.05, 0.1) is 24.8 Å². The molecule has 3 rings (SSSR count). The lowest BCUT2D eigenvalue weighted by molar-refractivity contribution is -0.117. The molecule has 0 radical (unpaired) electrons. The van der Waals surface area contributed by atoms with E-state index in [1.165, 1.54) is 36.3 Å². The number of rotatable bonds is 1. The third-order valence-corrected chi connectivity index (χ3v) is 4.85. The molecule has 1 aromatic heterocycles. The van der Waals surface area contributed by atoms with Crippen LogP contribution in [0.2, 0.25) is 0 Å². The van der Waals surface area contributed by atoms with Gasteiger partial charge in [0.2, 0.25) is 5.91 Å². The molecule has 2 heterocycles. The van der Waals surface area contributed by atoms with Crippen LogP contribution < -0.4 is 4.90 Å². The number of fused-ring (bicyclic) bond motifs is 1. The number of anilines is 1. The second kappa shape index (κ2) is 4.97. The summed E-state index contributed by atoms with van der Waals surface area (Å²) in [5.41, 5.74) is 1.18. The number of nitrogens with zero attached hydrogens (tertiary/aromatic N) is 2. The first-order chi connectivity index (χ1) is 8.74. The molecule has 1 N–H and O–H groups in total. The van der Waals surface area contributed by atoms with E-state index in [0.717, 1.165) is 18.0 Å². The van der Waals surface area contributed by atoms with E-state index in [4.69, 9.17) is 0 Å². The summed E-state index contributed by atoms with van der Waals surface area (Å²) < 4.78 is 0. The molecule has 1 aliphatic carbocycles. The largest absolute Gasteiger partial charge is 0.391 e. The summed E-state index contributed by atoms with van der Waals surface area (Å²) in [6.07, 6.45) is 6.86. The third-order valence-electron chi connectivity index (χ3n) is 3.67. The minimum atomic E-state index is -0.524. The molecule has 0 spiro atoms. The Bertz CT molecular complexity index is 432. The zero-order valence-electron chi connectivity index (χ0n) is 10.4. The number of hydrogen-bond acceptors (Lipinski definition) is 4. The minimum absolute atomic E-state index is 0.00391. The highest BCUT2D eigenvalue weighted by Crippen LogP contribution is 2.32.